The minimum absolute atomic E-state index is 0.385. The molecule has 106 valence electrons. The first-order chi connectivity index (χ1) is 9.61. The molecule has 0 saturated heterocycles. The minimum atomic E-state index is 0.385. The Bertz CT molecular complexity index is 560. The summed E-state index contributed by atoms with van der Waals surface area (Å²) in [7, 11) is 0. The molecule has 2 N–H and O–H groups in total. The number of para-hydroxylation sites is 1. The number of aromatic hydroxyl groups is 1. The van der Waals surface area contributed by atoms with Gasteiger partial charge >= 0.3 is 0 Å². The highest BCUT2D eigenvalue weighted by molar-refractivity contribution is 5.48. The molecular formula is C18H23NO. The number of anilines is 1. The molecule has 2 aromatic rings. The van der Waals surface area contributed by atoms with Crippen LogP contribution in [0.15, 0.2) is 42.5 Å². The van der Waals surface area contributed by atoms with Crippen molar-refractivity contribution in [2.75, 3.05) is 5.32 Å². The maximum Gasteiger partial charge on any atom is 0.123 e. The van der Waals surface area contributed by atoms with Crippen molar-refractivity contribution in [3.63, 3.8) is 0 Å². The average molecular weight is 269 g/mol. The van der Waals surface area contributed by atoms with Crippen LogP contribution in [0.1, 0.15) is 42.9 Å². The monoisotopic (exact) mass is 269 g/mol. The smallest absolute Gasteiger partial charge is 0.123 e. The maximum atomic E-state index is 9.98. The molecule has 20 heavy (non-hydrogen) atoms. The van der Waals surface area contributed by atoms with Gasteiger partial charge in [-0.25, -0.2) is 0 Å². The van der Waals surface area contributed by atoms with Crippen molar-refractivity contribution in [1.82, 2.24) is 0 Å². The standard InChI is InChI=1S/C18H23NO/c1-4-13(2)15-8-10-17(11-9-15)19-12-16-7-5-6-14(3)18(16)20/h5-11,13,19-20H,4,12H2,1-3H3. The molecule has 0 amide bonds. The Hall–Kier alpha value is -1.96. The van der Waals surface area contributed by atoms with E-state index in [-0.39, 0.29) is 0 Å². The van der Waals surface area contributed by atoms with E-state index in [1.165, 1.54) is 5.56 Å². The fourth-order valence-corrected chi connectivity index (χ4v) is 2.22. The Morgan fingerprint density at radius 1 is 1.10 bits per heavy atom. The first kappa shape index (κ1) is 14.4. The van der Waals surface area contributed by atoms with Gasteiger partial charge in [0.25, 0.3) is 0 Å². The zero-order valence-corrected chi connectivity index (χ0v) is 12.5. The molecule has 0 aliphatic rings. The van der Waals surface area contributed by atoms with Crippen LogP contribution in [0.3, 0.4) is 0 Å². The number of phenolic OH excluding ortho intramolecular Hbond substituents is 1. The summed E-state index contributed by atoms with van der Waals surface area (Å²) in [4.78, 5) is 0. The molecule has 0 fully saturated rings. The highest BCUT2D eigenvalue weighted by atomic mass is 16.3. The van der Waals surface area contributed by atoms with E-state index in [2.05, 4.69) is 43.4 Å². The minimum Gasteiger partial charge on any atom is -0.507 e. The lowest BCUT2D eigenvalue weighted by atomic mass is 9.98. The molecular weight excluding hydrogens is 246 g/mol. The van der Waals surface area contributed by atoms with Gasteiger partial charge in [0.15, 0.2) is 0 Å². The third kappa shape index (κ3) is 3.32. The molecule has 0 aliphatic carbocycles. The Labute approximate surface area is 121 Å². The van der Waals surface area contributed by atoms with Gasteiger partial charge in [-0.05, 0) is 42.5 Å². The molecule has 1 atom stereocenters. The zero-order chi connectivity index (χ0) is 14.5. The lowest BCUT2D eigenvalue weighted by Gasteiger charge is -2.12. The maximum absolute atomic E-state index is 9.98. The Kier molecular flexibility index (Phi) is 4.67. The number of hydrogen-bond donors (Lipinski definition) is 2. The summed E-state index contributed by atoms with van der Waals surface area (Å²) in [6, 6.07) is 14.4. The first-order valence-electron chi connectivity index (χ1n) is 7.23. The van der Waals surface area contributed by atoms with E-state index in [1.807, 2.05) is 25.1 Å². The van der Waals surface area contributed by atoms with Crippen LogP contribution in [0.5, 0.6) is 5.75 Å². The highest BCUT2D eigenvalue weighted by Crippen LogP contribution is 2.24. The van der Waals surface area contributed by atoms with Crippen molar-refractivity contribution in [2.45, 2.75) is 39.7 Å². The Balaban J connectivity index is 2.02. The topological polar surface area (TPSA) is 32.3 Å². The van der Waals surface area contributed by atoms with Crippen LogP contribution in [0.4, 0.5) is 5.69 Å². The summed E-state index contributed by atoms with van der Waals surface area (Å²) in [5, 5.41) is 13.3. The summed E-state index contributed by atoms with van der Waals surface area (Å²) < 4.78 is 0. The van der Waals surface area contributed by atoms with Gasteiger partial charge in [-0.1, -0.05) is 44.2 Å². The van der Waals surface area contributed by atoms with Crippen LogP contribution in [-0.4, -0.2) is 5.11 Å². The zero-order valence-electron chi connectivity index (χ0n) is 12.5. The fourth-order valence-electron chi connectivity index (χ4n) is 2.22. The summed E-state index contributed by atoms with van der Waals surface area (Å²) in [5.41, 5.74) is 4.29. The largest absolute Gasteiger partial charge is 0.507 e. The number of benzene rings is 2. The second-order valence-corrected chi connectivity index (χ2v) is 5.37. The molecule has 0 heterocycles. The Morgan fingerprint density at radius 3 is 2.45 bits per heavy atom. The van der Waals surface area contributed by atoms with E-state index in [1.54, 1.807) is 0 Å². The molecule has 0 aliphatic heterocycles. The van der Waals surface area contributed by atoms with Gasteiger partial charge in [0.2, 0.25) is 0 Å². The van der Waals surface area contributed by atoms with E-state index in [0.717, 1.165) is 23.2 Å². The van der Waals surface area contributed by atoms with Crippen LogP contribution < -0.4 is 5.32 Å². The third-order valence-electron chi connectivity index (χ3n) is 3.90. The van der Waals surface area contributed by atoms with Crippen molar-refractivity contribution >= 4 is 5.69 Å². The van der Waals surface area contributed by atoms with Crippen molar-refractivity contribution < 1.29 is 5.11 Å². The number of rotatable bonds is 5. The van der Waals surface area contributed by atoms with E-state index in [0.29, 0.717) is 18.2 Å². The molecule has 0 spiro atoms. The number of phenols is 1. The van der Waals surface area contributed by atoms with Crippen LogP contribution in [-0.2, 0) is 6.54 Å². The lowest BCUT2D eigenvalue weighted by molar-refractivity contribution is 0.465. The molecule has 0 aromatic heterocycles. The molecule has 2 aromatic carbocycles. The molecule has 2 rings (SSSR count). The summed E-state index contributed by atoms with van der Waals surface area (Å²) in [6.45, 7) is 7.00. The first-order valence-corrected chi connectivity index (χ1v) is 7.23. The van der Waals surface area contributed by atoms with Crippen LogP contribution >= 0.6 is 0 Å². The van der Waals surface area contributed by atoms with Crippen molar-refractivity contribution in [2.24, 2.45) is 0 Å². The number of aryl methyl sites for hydroxylation is 1. The van der Waals surface area contributed by atoms with E-state index >= 15 is 0 Å². The van der Waals surface area contributed by atoms with Crippen LogP contribution in [0.25, 0.3) is 0 Å². The number of hydrogen-bond acceptors (Lipinski definition) is 2. The normalized spacial score (nSPS) is 12.2. The molecule has 0 radical (unpaired) electrons. The average Bonchev–Trinajstić information content (AvgIpc) is 2.48. The molecule has 0 saturated carbocycles. The summed E-state index contributed by atoms with van der Waals surface area (Å²) in [6.07, 6.45) is 1.16. The van der Waals surface area contributed by atoms with E-state index in [4.69, 9.17) is 0 Å². The predicted octanol–water partition coefficient (Wildman–Crippen LogP) is 4.83. The van der Waals surface area contributed by atoms with Gasteiger partial charge < -0.3 is 10.4 Å². The van der Waals surface area contributed by atoms with Crippen molar-refractivity contribution in [3.05, 3.63) is 59.2 Å². The van der Waals surface area contributed by atoms with Crippen molar-refractivity contribution in [1.29, 1.82) is 0 Å². The molecule has 2 nitrogen and oxygen atoms in total. The van der Waals surface area contributed by atoms with Crippen LogP contribution in [0, 0.1) is 6.92 Å². The quantitative estimate of drug-likeness (QED) is 0.815. The molecule has 0 bridgehead atoms. The van der Waals surface area contributed by atoms with E-state index < -0.39 is 0 Å². The summed E-state index contributed by atoms with van der Waals surface area (Å²) >= 11 is 0. The van der Waals surface area contributed by atoms with Gasteiger partial charge in [-0.3, -0.25) is 0 Å². The van der Waals surface area contributed by atoms with Gasteiger partial charge in [-0.2, -0.15) is 0 Å². The van der Waals surface area contributed by atoms with Gasteiger partial charge in [0.1, 0.15) is 5.75 Å². The molecule has 2 heteroatoms. The second kappa shape index (κ2) is 6.47. The van der Waals surface area contributed by atoms with Gasteiger partial charge in [-0.15, -0.1) is 0 Å². The van der Waals surface area contributed by atoms with Gasteiger partial charge in [0, 0.05) is 17.8 Å². The number of nitrogens with one attached hydrogen (secondary N) is 1. The predicted molar refractivity (Wildman–Crippen MR) is 85.3 cm³/mol. The van der Waals surface area contributed by atoms with E-state index in [9.17, 15) is 5.11 Å². The van der Waals surface area contributed by atoms with Crippen molar-refractivity contribution in [3.8, 4) is 5.75 Å². The SMILES string of the molecule is CCC(C)c1ccc(NCc2cccc(C)c2O)cc1. The fraction of sp³-hybridized carbons (Fsp3) is 0.333. The highest BCUT2D eigenvalue weighted by Gasteiger charge is 2.04. The Morgan fingerprint density at radius 2 is 1.80 bits per heavy atom. The molecule has 1 unspecified atom stereocenters. The van der Waals surface area contributed by atoms with Gasteiger partial charge in [0.05, 0.1) is 0 Å². The lowest BCUT2D eigenvalue weighted by Crippen LogP contribution is -2.00. The van der Waals surface area contributed by atoms with Crippen LogP contribution in [0.2, 0.25) is 0 Å². The summed E-state index contributed by atoms with van der Waals surface area (Å²) in [5.74, 6) is 0.987. The second-order valence-electron chi connectivity index (χ2n) is 5.37. The third-order valence-corrected chi connectivity index (χ3v) is 3.90.